The van der Waals surface area contributed by atoms with Gasteiger partial charge in [0, 0.05) is 23.7 Å². The number of hydrogen-bond acceptors (Lipinski definition) is 3. The highest BCUT2D eigenvalue weighted by atomic mass is 35.5. The molecule has 2 aromatic carbocycles. The van der Waals surface area contributed by atoms with E-state index < -0.39 is 0 Å². The number of likely N-dealkylation sites (tertiary alicyclic amines) is 1. The van der Waals surface area contributed by atoms with E-state index in [1.165, 1.54) is 55.3 Å². The average Bonchev–Trinajstić information content (AvgIpc) is 2.68. The minimum absolute atomic E-state index is 0. The van der Waals surface area contributed by atoms with E-state index in [9.17, 15) is 5.11 Å². The molecule has 4 heteroatoms. The monoisotopic (exact) mass is 398 g/mol. The molecule has 1 saturated heterocycles. The van der Waals surface area contributed by atoms with Crippen molar-refractivity contribution >= 4 is 18.1 Å². The van der Waals surface area contributed by atoms with Gasteiger partial charge in [-0.25, -0.2) is 0 Å². The molecule has 3 aliphatic rings. The molecule has 1 heterocycles. The van der Waals surface area contributed by atoms with Crippen LogP contribution < -0.4 is 5.73 Å². The molecule has 0 aromatic heterocycles. The van der Waals surface area contributed by atoms with Gasteiger partial charge in [-0.15, -0.1) is 12.4 Å². The van der Waals surface area contributed by atoms with Crippen LogP contribution in [0.2, 0.25) is 0 Å². The van der Waals surface area contributed by atoms with Crippen LogP contribution in [-0.2, 0) is 18.3 Å². The van der Waals surface area contributed by atoms with Crippen molar-refractivity contribution in [3.63, 3.8) is 0 Å². The summed E-state index contributed by atoms with van der Waals surface area (Å²) in [6, 6.07) is 15.2. The lowest BCUT2D eigenvalue weighted by Gasteiger charge is -2.59. The smallest absolute Gasteiger partial charge is 0.115 e. The first-order valence-corrected chi connectivity index (χ1v) is 10.6. The zero-order valence-corrected chi connectivity index (χ0v) is 17.3. The SMILES string of the molecule is Cl.Nc1cccc(CCN2CC[C@@]34CCCC[C@H]3[C@@H]2Cc2ccc(O)cc24)c1. The van der Waals surface area contributed by atoms with Gasteiger partial charge in [-0.3, -0.25) is 4.90 Å². The maximum Gasteiger partial charge on any atom is 0.115 e. The third kappa shape index (κ3) is 3.19. The molecule has 5 rings (SSSR count). The number of hydrogen-bond donors (Lipinski definition) is 2. The number of piperidine rings is 1. The number of anilines is 1. The number of nitrogens with zero attached hydrogens (tertiary/aromatic N) is 1. The van der Waals surface area contributed by atoms with Crippen molar-refractivity contribution in [3.8, 4) is 5.75 Å². The van der Waals surface area contributed by atoms with Gasteiger partial charge >= 0.3 is 0 Å². The topological polar surface area (TPSA) is 49.5 Å². The van der Waals surface area contributed by atoms with Crippen LogP contribution in [0.5, 0.6) is 5.75 Å². The van der Waals surface area contributed by atoms with Crippen LogP contribution in [-0.4, -0.2) is 29.1 Å². The van der Waals surface area contributed by atoms with Gasteiger partial charge in [-0.1, -0.05) is 31.0 Å². The van der Waals surface area contributed by atoms with Crippen molar-refractivity contribution in [2.75, 3.05) is 18.8 Å². The molecule has 28 heavy (non-hydrogen) atoms. The normalized spacial score (nSPS) is 28.7. The minimum atomic E-state index is 0. The van der Waals surface area contributed by atoms with Crippen LogP contribution in [0.1, 0.15) is 48.8 Å². The summed E-state index contributed by atoms with van der Waals surface area (Å²) < 4.78 is 0. The van der Waals surface area contributed by atoms with Crippen molar-refractivity contribution in [1.29, 1.82) is 0 Å². The lowest BCUT2D eigenvalue weighted by molar-refractivity contribution is -0.0106. The highest BCUT2D eigenvalue weighted by Gasteiger charge is 2.53. The Morgan fingerprint density at radius 3 is 2.86 bits per heavy atom. The molecule has 0 radical (unpaired) electrons. The second kappa shape index (κ2) is 7.61. The van der Waals surface area contributed by atoms with E-state index in [4.69, 9.17) is 5.73 Å². The van der Waals surface area contributed by atoms with Gasteiger partial charge in [0.2, 0.25) is 0 Å². The Hall–Kier alpha value is -1.71. The van der Waals surface area contributed by atoms with Crippen molar-refractivity contribution in [2.45, 2.75) is 56.4 Å². The van der Waals surface area contributed by atoms with E-state index in [2.05, 4.69) is 35.2 Å². The van der Waals surface area contributed by atoms with Gasteiger partial charge in [0.05, 0.1) is 0 Å². The summed E-state index contributed by atoms with van der Waals surface area (Å²) in [5.74, 6) is 1.19. The first-order valence-electron chi connectivity index (χ1n) is 10.6. The molecule has 150 valence electrons. The maximum absolute atomic E-state index is 10.1. The Bertz CT molecular complexity index is 854. The van der Waals surface area contributed by atoms with Crippen LogP contribution in [0.4, 0.5) is 5.69 Å². The summed E-state index contributed by atoms with van der Waals surface area (Å²) in [5, 5.41) is 10.1. The summed E-state index contributed by atoms with van der Waals surface area (Å²) >= 11 is 0. The number of nitrogens with two attached hydrogens (primary N) is 1. The van der Waals surface area contributed by atoms with E-state index in [-0.39, 0.29) is 12.4 Å². The van der Waals surface area contributed by atoms with Crippen molar-refractivity contribution < 1.29 is 5.11 Å². The van der Waals surface area contributed by atoms with Gasteiger partial charge in [-0.2, -0.15) is 0 Å². The van der Waals surface area contributed by atoms with Crippen LogP contribution in [0, 0.1) is 5.92 Å². The molecule has 3 nitrogen and oxygen atoms in total. The van der Waals surface area contributed by atoms with Crippen LogP contribution in [0.25, 0.3) is 0 Å². The molecule has 0 unspecified atom stereocenters. The van der Waals surface area contributed by atoms with E-state index in [1.54, 1.807) is 0 Å². The van der Waals surface area contributed by atoms with E-state index in [0.717, 1.165) is 31.0 Å². The Balaban J connectivity index is 0.00000192. The fourth-order valence-corrected chi connectivity index (χ4v) is 6.37. The second-order valence-electron chi connectivity index (χ2n) is 8.90. The summed E-state index contributed by atoms with van der Waals surface area (Å²) in [6.45, 7) is 2.30. The summed E-state index contributed by atoms with van der Waals surface area (Å²) in [7, 11) is 0. The molecule has 2 aromatic rings. The first kappa shape index (κ1) is 19.6. The number of phenolic OH excluding ortho intramolecular Hbond substituents is 1. The largest absolute Gasteiger partial charge is 0.508 e. The predicted octanol–water partition coefficient (Wildman–Crippen LogP) is 4.70. The molecule has 2 bridgehead atoms. The number of aromatic hydroxyl groups is 1. The summed E-state index contributed by atoms with van der Waals surface area (Å²) in [5.41, 5.74) is 11.4. The van der Waals surface area contributed by atoms with Crippen molar-refractivity contribution in [1.82, 2.24) is 4.90 Å². The lowest BCUT2D eigenvalue weighted by atomic mass is 9.52. The molecular weight excluding hydrogens is 368 g/mol. The molecule has 1 saturated carbocycles. The van der Waals surface area contributed by atoms with Gasteiger partial charge < -0.3 is 10.8 Å². The highest BCUT2D eigenvalue weighted by molar-refractivity contribution is 5.85. The average molecular weight is 399 g/mol. The number of rotatable bonds is 3. The lowest BCUT2D eigenvalue weighted by Crippen LogP contribution is -2.61. The standard InChI is InChI=1S/C24H30N2O.ClH/c25-19-5-3-4-17(14-19)9-12-26-13-11-24-10-2-1-6-21(24)23(26)15-18-7-8-20(27)16-22(18)24;/h3-5,7-8,14,16,21,23,27H,1-2,6,9-13,15,25H2;1H/t21-,23-,24-;/m0./s1. The van der Waals surface area contributed by atoms with E-state index in [1.807, 2.05) is 12.1 Å². The molecule has 0 spiro atoms. The molecule has 2 aliphatic carbocycles. The third-order valence-electron chi connectivity index (χ3n) is 7.57. The predicted molar refractivity (Wildman–Crippen MR) is 117 cm³/mol. The maximum atomic E-state index is 10.1. The number of benzene rings is 2. The van der Waals surface area contributed by atoms with Gasteiger partial charge in [0.15, 0.2) is 0 Å². The minimum Gasteiger partial charge on any atom is -0.508 e. The van der Waals surface area contributed by atoms with Crippen molar-refractivity contribution in [3.05, 3.63) is 59.2 Å². The van der Waals surface area contributed by atoms with Crippen molar-refractivity contribution in [2.24, 2.45) is 5.92 Å². The fourth-order valence-electron chi connectivity index (χ4n) is 6.37. The molecule has 2 fully saturated rings. The second-order valence-corrected chi connectivity index (χ2v) is 8.90. The highest BCUT2D eigenvalue weighted by Crippen LogP contribution is 2.56. The zero-order chi connectivity index (χ0) is 18.4. The van der Waals surface area contributed by atoms with Crippen LogP contribution >= 0.6 is 12.4 Å². The first-order chi connectivity index (χ1) is 13.2. The third-order valence-corrected chi connectivity index (χ3v) is 7.57. The number of phenols is 1. The quantitative estimate of drug-likeness (QED) is 0.737. The molecule has 3 atom stereocenters. The Morgan fingerprint density at radius 1 is 1.11 bits per heavy atom. The number of nitrogen functional groups attached to an aromatic ring is 1. The Kier molecular flexibility index (Phi) is 5.32. The van der Waals surface area contributed by atoms with Crippen LogP contribution in [0.15, 0.2) is 42.5 Å². The number of fused-ring (bicyclic) bond motifs is 1. The Labute approximate surface area is 174 Å². The fraction of sp³-hybridized carbons (Fsp3) is 0.500. The van der Waals surface area contributed by atoms with Crippen LogP contribution in [0.3, 0.4) is 0 Å². The Morgan fingerprint density at radius 2 is 2.00 bits per heavy atom. The molecule has 0 amide bonds. The van der Waals surface area contributed by atoms with E-state index in [0.29, 0.717) is 17.2 Å². The van der Waals surface area contributed by atoms with Gasteiger partial charge in [-0.05, 0) is 85.5 Å². The summed E-state index contributed by atoms with van der Waals surface area (Å²) in [6.07, 6.45) is 8.79. The van der Waals surface area contributed by atoms with E-state index >= 15 is 0 Å². The molecular formula is C24H31ClN2O. The van der Waals surface area contributed by atoms with Gasteiger partial charge in [0.25, 0.3) is 0 Å². The molecule has 3 N–H and O–H groups in total. The molecule has 1 aliphatic heterocycles. The van der Waals surface area contributed by atoms with Gasteiger partial charge in [0.1, 0.15) is 5.75 Å². The number of halogens is 1. The zero-order valence-electron chi connectivity index (χ0n) is 16.4. The summed E-state index contributed by atoms with van der Waals surface area (Å²) in [4.78, 5) is 2.76.